The van der Waals surface area contributed by atoms with Gasteiger partial charge in [0.2, 0.25) is 0 Å². The molecular formula is C17H19F3INOS. The van der Waals surface area contributed by atoms with Crippen LogP contribution in [0.4, 0.5) is 13.2 Å². The first-order valence-electron chi connectivity index (χ1n) is 7.35. The fraction of sp³-hybridized carbons (Fsp3) is 0.353. The largest absolute Gasteiger partial charge is 0.396 e. The summed E-state index contributed by atoms with van der Waals surface area (Å²) < 4.78 is 40.3. The van der Waals surface area contributed by atoms with E-state index in [0.717, 1.165) is 6.42 Å². The summed E-state index contributed by atoms with van der Waals surface area (Å²) in [5.41, 5.74) is 0.400. The average molecular weight is 469 g/mol. The highest BCUT2D eigenvalue weighted by molar-refractivity contribution is 14.1. The van der Waals surface area contributed by atoms with Crippen molar-refractivity contribution in [2.75, 3.05) is 5.75 Å². The minimum Gasteiger partial charge on any atom is -0.298 e. The molecule has 0 aromatic heterocycles. The molecule has 0 amide bonds. The molecule has 24 heavy (non-hydrogen) atoms. The van der Waals surface area contributed by atoms with Gasteiger partial charge in [0.25, 0.3) is 0 Å². The fourth-order valence-electron chi connectivity index (χ4n) is 1.96. The van der Waals surface area contributed by atoms with Crippen LogP contribution in [-0.2, 0) is 4.79 Å². The highest BCUT2D eigenvalue weighted by atomic mass is 127. The highest BCUT2D eigenvalue weighted by Gasteiger charge is 2.42. The van der Waals surface area contributed by atoms with Gasteiger partial charge in [-0.3, -0.25) is 7.31 Å². The van der Waals surface area contributed by atoms with Crippen molar-refractivity contribution in [3.63, 3.8) is 0 Å². The number of hydrogen-bond donors (Lipinski definition) is 0. The van der Waals surface area contributed by atoms with Crippen molar-refractivity contribution in [2.45, 2.75) is 25.9 Å². The molecule has 0 bridgehead atoms. The summed E-state index contributed by atoms with van der Waals surface area (Å²) in [6, 6.07) is 0. The van der Waals surface area contributed by atoms with Crippen LogP contribution in [0.15, 0.2) is 59.9 Å². The lowest BCUT2D eigenvalue weighted by Gasteiger charge is -2.25. The minimum atomic E-state index is -4.39. The van der Waals surface area contributed by atoms with Crippen LogP contribution >= 0.6 is 34.8 Å². The van der Waals surface area contributed by atoms with Gasteiger partial charge in [-0.1, -0.05) is 42.5 Å². The van der Waals surface area contributed by atoms with E-state index >= 15 is 0 Å². The molecule has 1 rings (SSSR count). The van der Waals surface area contributed by atoms with Crippen molar-refractivity contribution < 1.29 is 18.0 Å². The van der Waals surface area contributed by atoms with Gasteiger partial charge in [-0.2, -0.15) is 13.2 Å². The van der Waals surface area contributed by atoms with Crippen molar-refractivity contribution in [3.8, 4) is 0 Å². The van der Waals surface area contributed by atoms with Crippen molar-refractivity contribution in [1.82, 2.24) is 2.52 Å². The third-order valence-corrected chi connectivity index (χ3v) is 5.35. The second-order valence-electron chi connectivity index (χ2n) is 4.92. The van der Waals surface area contributed by atoms with Crippen molar-refractivity contribution in [3.05, 3.63) is 59.9 Å². The molecule has 1 unspecified atom stereocenters. The summed E-state index contributed by atoms with van der Waals surface area (Å²) in [5, 5.41) is 0. The lowest BCUT2D eigenvalue weighted by atomic mass is 9.91. The standard InChI is InChI=1S/C17H19F3INOS/c1-2-3-4-5-6-7-8-11-24-22(21)15-9-10-16(17(18,19)20)14(12-15)13-23/h2-5,7-9,12-13,16H,6,10-11H2,1H3/b3-2-,5-4-,8-7+. The maximum Gasteiger partial charge on any atom is 0.396 e. The second-order valence-corrected chi connectivity index (χ2v) is 7.50. The maximum atomic E-state index is 12.8. The van der Waals surface area contributed by atoms with Crippen molar-refractivity contribution in [2.24, 2.45) is 5.92 Å². The Bertz CT molecular complexity index is 565. The molecule has 0 radical (unpaired) electrons. The summed E-state index contributed by atoms with van der Waals surface area (Å²) >= 11 is 3.48. The molecule has 0 heterocycles. The monoisotopic (exact) mass is 469 g/mol. The highest BCUT2D eigenvalue weighted by Crippen LogP contribution is 2.39. The summed E-state index contributed by atoms with van der Waals surface area (Å²) in [5.74, 6) is -0.998. The van der Waals surface area contributed by atoms with Gasteiger partial charge in [-0.25, -0.2) is 0 Å². The Morgan fingerprint density at radius 2 is 2.08 bits per heavy atom. The minimum absolute atomic E-state index is 0.199. The first-order valence-corrected chi connectivity index (χ1v) is 9.26. The molecule has 0 saturated carbocycles. The molecular weight excluding hydrogens is 450 g/mol. The number of halogens is 4. The van der Waals surface area contributed by atoms with Gasteiger partial charge < -0.3 is 0 Å². The first kappa shape index (κ1) is 21.1. The molecule has 7 heteroatoms. The van der Waals surface area contributed by atoms with Crippen LogP contribution < -0.4 is 0 Å². The molecule has 0 aromatic carbocycles. The van der Waals surface area contributed by atoms with Gasteiger partial charge in [0.15, 0.2) is 0 Å². The van der Waals surface area contributed by atoms with Crippen LogP contribution in [0.2, 0.25) is 0 Å². The van der Waals surface area contributed by atoms with Crippen LogP contribution in [0.3, 0.4) is 0 Å². The smallest absolute Gasteiger partial charge is 0.298 e. The van der Waals surface area contributed by atoms with Crippen LogP contribution in [0.25, 0.3) is 0 Å². The molecule has 1 atom stereocenters. The first-order chi connectivity index (χ1) is 11.4. The van der Waals surface area contributed by atoms with E-state index in [0.29, 0.717) is 17.7 Å². The number of rotatable bonds is 8. The lowest BCUT2D eigenvalue weighted by Crippen LogP contribution is -2.27. The molecule has 0 aromatic rings. The van der Waals surface area contributed by atoms with E-state index in [1.807, 2.05) is 66.2 Å². The quantitative estimate of drug-likeness (QED) is 0.109. The van der Waals surface area contributed by atoms with E-state index in [-0.39, 0.29) is 12.0 Å². The van der Waals surface area contributed by atoms with Gasteiger partial charge in [-0.05, 0) is 37.8 Å². The molecule has 0 spiro atoms. The molecule has 1 aliphatic rings. The molecule has 0 aliphatic heterocycles. The number of carbonyl (C=O) groups is 1. The van der Waals surface area contributed by atoms with E-state index in [1.165, 1.54) is 24.1 Å². The third kappa shape index (κ3) is 7.29. The van der Waals surface area contributed by atoms with Crippen molar-refractivity contribution in [1.29, 1.82) is 0 Å². The predicted octanol–water partition coefficient (Wildman–Crippen LogP) is 5.96. The third-order valence-electron chi connectivity index (χ3n) is 3.18. The molecule has 0 saturated heterocycles. The normalized spacial score (nSPS) is 19.1. The molecule has 0 N–H and O–H groups in total. The van der Waals surface area contributed by atoms with Gasteiger partial charge in [0.1, 0.15) is 6.29 Å². The van der Waals surface area contributed by atoms with E-state index < -0.39 is 12.1 Å². The molecule has 1 aliphatic carbocycles. The molecule has 132 valence electrons. The average Bonchev–Trinajstić information content (AvgIpc) is 2.55. The van der Waals surface area contributed by atoms with Crippen LogP contribution in [0.5, 0.6) is 0 Å². The summed E-state index contributed by atoms with van der Waals surface area (Å²) in [7, 11) is 0. The van der Waals surface area contributed by atoms with E-state index in [1.54, 1.807) is 2.52 Å². The SMILES string of the molecule is C/C=C\C=C/C/C=C/CSN(I)C1=CCC(C(F)(F)F)C(C=O)=C1. The van der Waals surface area contributed by atoms with Crippen molar-refractivity contribution >= 4 is 41.1 Å². The Balaban J connectivity index is 2.50. The summed E-state index contributed by atoms with van der Waals surface area (Å²) in [6.45, 7) is 1.95. The number of allylic oxidation sites excluding steroid dienone is 8. The van der Waals surface area contributed by atoms with Gasteiger partial charge in [-0.15, -0.1) is 0 Å². The van der Waals surface area contributed by atoms with Gasteiger partial charge in [0.05, 0.1) is 34.5 Å². The van der Waals surface area contributed by atoms with Crippen LogP contribution in [0.1, 0.15) is 19.8 Å². The Morgan fingerprint density at radius 3 is 2.71 bits per heavy atom. The summed E-state index contributed by atoms with van der Waals surface area (Å²) in [6.07, 6.45) is 11.3. The zero-order valence-electron chi connectivity index (χ0n) is 13.2. The zero-order chi connectivity index (χ0) is 18.0. The van der Waals surface area contributed by atoms with Crippen LogP contribution in [0, 0.1) is 5.92 Å². The Labute approximate surface area is 158 Å². The number of aldehydes is 1. The maximum absolute atomic E-state index is 12.8. The zero-order valence-corrected chi connectivity index (χ0v) is 16.1. The second kappa shape index (κ2) is 10.8. The van der Waals surface area contributed by atoms with Gasteiger partial charge in [0, 0.05) is 11.3 Å². The van der Waals surface area contributed by atoms with E-state index in [9.17, 15) is 18.0 Å². The molecule has 0 fully saturated rings. The number of carbonyl (C=O) groups excluding carboxylic acids is 1. The number of nitrogens with zero attached hydrogens (tertiary/aromatic N) is 1. The Morgan fingerprint density at radius 1 is 1.33 bits per heavy atom. The van der Waals surface area contributed by atoms with Gasteiger partial charge >= 0.3 is 6.18 Å². The summed E-state index contributed by atoms with van der Waals surface area (Å²) in [4.78, 5) is 10.9. The number of hydrogen-bond acceptors (Lipinski definition) is 3. The van der Waals surface area contributed by atoms with E-state index in [4.69, 9.17) is 0 Å². The lowest BCUT2D eigenvalue weighted by molar-refractivity contribution is -0.164. The Kier molecular flexibility index (Phi) is 9.50. The molecule has 2 nitrogen and oxygen atoms in total. The predicted molar refractivity (Wildman–Crippen MR) is 102 cm³/mol. The topological polar surface area (TPSA) is 20.3 Å². The Hall–Kier alpha value is -0.960. The number of alkyl halides is 3. The van der Waals surface area contributed by atoms with E-state index in [2.05, 4.69) is 0 Å². The van der Waals surface area contributed by atoms with Crippen LogP contribution in [-0.4, -0.2) is 20.7 Å². The fourth-order valence-corrected chi connectivity index (χ4v) is 3.41.